The van der Waals surface area contributed by atoms with Gasteiger partial charge < -0.3 is 5.32 Å². The summed E-state index contributed by atoms with van der Waals surface area (Å²) in [4.78, 5) is 0. The predicted molar refractivity (Wildman–Crippen MR) is 35.7 cm³/mol. The SMILES string of the molecule is CC1=CC=CC(Cl)N1. The first kappa shape index (κ1) is 5.70. The van der Waals surface area contributed by atoms with E-state index in [1.807, 2.05) is 25.2 Å². The molecule has 1 N–H and O–H groups in total. The van der Waals surface area contributed by atoms with Gasteiger partial charge in [0.15, 0.2) is 0 Å². The average Bonchev–Trinajstić information content (AvgIpc) is 1.64. The Bertz CT molecular complexity index is 137. The predicted octanol–water partition coefficient (Wildman–Crippen LogP) is 1.61. The summed E-state index contributed by atoms with van der Waals surface area (Å²) in [5.74, 6) is 0. The fourth-order valence-electron chi connectivity index (χ4n) is 0.611. The molecule has 1 unspecified atom stereocenters. The van der Waals surface area contributed by atoms with E-state index in [4.69, 9.17) is 11.6 Å². The summed E-state index contributed by atoms with van der Waals surface area (Å²) in [7, 11) is 0. The van der Waals surface area contributed by atoms with E-state index in [1.54, 1.807) is 0 Å². The van der Waals surface area contributed by atoms with E-state index in [2.05, 4.69) is 5.32 Å². The van der Waals surface area contributed by atoms with E-state index in [1.165, 1.54) is 0 Å². The molecule has 0 spiro atoms. The van der Waals surface area contributed by atoms with Crippen molar-refractivity contribution in [3.8, 4) is 0 Å². The first-order chi connectivity index (χ1) is 3.79. The summed E-state index contributed by atoms with van der Waals surface area (Å²) in [6.07, 6.45) is 5.83. The summed E-state index contributed by atoms with van der Waals surface area (Å²) < 4.78 is 0. The molecule has 0 aromatic carbocycles. The van der Waals surface area contributed by atoms with Crippen LogP contribution < -0.4 is 5.32 Å². The van der Waals surface area contributed by atoms with Crippen molar-refractivity contribution >= 4 is 11.6 Å². The van der Waals surface area contributed by atoms with Crippen LogP contribution in [0.3, 0.4) is 0 Å². The molecule has 1 aliphatic rings. The monoisotopic (exact) mass is 129 g/mol. The van der Waals surface area contributed by atoms with Gasteiger partial charge in [0.25, 0.3) is 0 Å². The molecule has 0 saturated heterocycles. The molecular formula is C6H8ClN. The third kappa shape index (κ3) is 1.27. The zero-order valence-corrected chi connectivity index (χ0v) is 5.44. The second-order valence-electron chi connectivity index (χ2n) is 1.78. The molecule has 0 fully saturated rings. The number of nitrogens with one attached hydrogen (secondary N) is 1. The molecule has 1 heterocycles. The van der Waals surface area contributed by atoms with Crippen LogP contribution in [0.1, 0.15) is 6.92 Å². The molecule has 0 aromatic rings. The summed E-state index contributed by atoms with van der Waals surface area (Å²) in [5, 5.41) is 3.02. The van der Waals surface area contributed by atoms with Gasteiger partial charge in [-0.15, -0.1) is 0 Å². The van der Waals surface area contributed by atoms with Crippen LogP contribution in [0.2, 0.25) is 0 Å². The Hall–Kier alpha value is -0.430. The van der Waals surface area contributed by atoms with Gasteiger partial charge >= 0.3 is 0 Å². The molecular weight excluding hydrogens is 122 g/mol. The van der Waals surface area contributed by atoms with Gasteiger partial charge in [-0.3, -0.25) is 0 Å². The number of halogens is 1. The Kier molecular flexibility index (Phi) is 1.59. The Morgan fingerprint density at radius 2 is 2.50 bits per heavy atom. The Morgan fingerprint density at radius 1 is 1.75 bits per heavy atom. The lowest BCUT2D eigenvalue weighted by Crippen LogP contribution is -2.21. The maximum atomic E-state index is 5.67. The normalized spacial score (nSPS) is 26.8. The third-order valence-corrected chi connectivity index (χ3v) is 1.25. The van der Waals surface area contributed by atoms with Gasteiger partial charge in [-0.2, -0.15) is 0 Å². The minimum atomic E-state index is -0.0139. The maximum absolute atomic E-state index is 5.67. The molecule has 0 aromatic heterocycles. The highest BCUT2D eigenvalue weighted by molar-refractivity contribution is 6.21. The molecule has 1 atom stereocenters. The molecule has 0 aliphatic carbocycles. The van der Waals surface area contributed by atoms with Crippen molar-refractivity contribution in [2.75, 3.05) is 0 Å². The van der Waals surface area contributed by atoms with Crippen LogP contribution in [-0.2, 0) is 0 Å². The second-order valence-corrected chi connectivity index (χ2v) is 2.25. The lowest BCUT2D eigenvalue weighted by molar-refractivity contribution is 0.835. The number of hydrogen-bond donors (Lipinski definition) is 1. The van der Waals surface area contributed by atoms with Crippen LogP contribution in [0.15, 0.2) is 23.9 Å². The lowest BCUT2D eigenvalue weighted by Gasteiger charge is -2.11. The Balaban J connectivity index is 2.59. The number of allylic oxidation sites excluding steroid dienone is 3. The van der Waals surface area contributed by atoms with Crippen LogP contribution in [0.4, 0.5) is 0 Å². The van der Waals surface area contributed by atoms with E-state index in [0.717, 1.165) is 5.70 Å². The van der Waals surface area contributed by atoms with Crippen molar-refractivity contribution < 1.29 is 0 Å². The average molecular weight is 130 g/mol. The topological polar surface area (TPSA) is 12.0 Å². The van der Waals surface area contributed by atoms with Crippen molar-refractivity contribution in [1.82, 2.24) is 5.32 Å². The van der Waals surface area contributed by atoms with E-state index in [9.17, 15) is 0 Å². The smallest absolute Gasteiger partial charge is 0.120 e. The minimum Gasteiger partial charge on any atom is -0.370 e. The Morgan fingerprint density at radius 3 is 2.88 bits per heavy atom. The van der Waals surface area contributed by atoms with Crippen molar-refractivity contribution in [3.63, 3.8) is 0 Å². The van der Waals surface area contributed by atoms with Gasteiger partial charge in [-0.1, -0.05) is 17.7 Å². The fourth-order valence-corrected chi connectivity index (χ4v) is 0.867. The van der Waals surface area contributed by atoms with Gasteiger partial charge in [0, 0.05) is 5.70 Å². The summed E-state index contributed by atoms with van der Waals surface area (Å²) >= 11 is 5.67. The number of rotatable bonds is 0. The molecule has 1 rings (SSSR count). The van der Waals surface area contributed by atoms with Crippen molar-refractivity contribution in [2.24, 2.45) is 0 Å². The van der Waals surface area contributed by atoms with Crippen molar-refractivity contribution in [3.05, 3.63) is 23.9 Å². The van der Waals surface area contributed by atoms with E-state index in [0.29, 0.717) is 0 Å². The van der Waals surface area contributed by atoms with Gasteiger partial charge in [0.1, 0.15) is 5.50 Å². The van der Waals surface area contributed by atoms with Gasteiger partial charge in [0.2, 0.25) is 0 Å². The van der Waals surface area contributed by atoms with Gasteiger partial charge in [-0.25, -0.2) is 0 Å². The van der Waals surface area contributed by atoms with Crippen LogP contribution in [0, 0.1) is 0 Å². The molecule has 0 amide bonds. The second kappa shape index (κ2) is 2.23. The number of hydrogen-bond acceptors (Lipinski definition) is 1. The molecule has 8 heavy (non-hydrogen) atoms. The minimum absolute atomic E-state index is 0.0139. The molecule has 1 nitrogen and oxygen atoms in total. The van der Waals surface area contributed by atoms with Crippen molar-refractivity contribution in [1.29, 1.82) is 0 Å². The highest BCUT2D eigenvalue weighted by atomic mass is 35.5. The summed E-state index contributed by atoms with van der Waals surface area (Å²) in [6.45, 7) is 1.98. The molecule has 0 bridgehead atoms. The summed E-state index contributed by atoms with van der Waals surface area (Å²) in [5.41, 5.74) is 1.10. The van der Waals surface area contributed by atoms with E-state index >= 15 is 0 Å². The first-order valence-corrected chi connectivity index (χ1v) is 2.98. The molecule has 44 valence electrons. The quantitative estimate of drug-likeness (QED) is 0.387. The summed E-state index contributed by atoms with van der Waals surface area (Å²) in [6, 6.07) is 0. The largest absolute Gasteiger partial charge is 0.370 e. The molecule has 1 aliphatic heterocycles. The van der Waals surface area contributed by atoms with Crippen LogP contribution in [0.25, 0.3) is 0 Å². The lowest BCUT2D eigenvalue weighted by atomic mass is 10.3. The highest BCUT2D eigenvalue weighted by Crippen LogP contribution is 2.03. The standard InChI is InChI=1S/C6H8ClN/c1-5-3-2-4-6(7)8-5/h2-4,6,8H,1H3. The maximum Gasteiger partial charge on any atom is 0.120 e. The fraction of sp³-hybridized carbons (Fsp3) is 0.333. The molecule has 0 saturated carbocycles. The zero-order valence-electron chi connectivity index (χ0n) is 4.69. The van der Waals surface area contributed by atoms with Crippen LogP contribution in [-0.4, -0.2) is 5.50 Å². The van der Waals surface area contributed by atoms with Crippen LogP contribution in [0.5, 0.6) is 0 Å². The number of alkyl halides is 1. The molecule has 0 radical (unpaired) electrons. The molecule has 2 heteroatoms. The van der Waals surface area contributed by atoms with E-state index < -0.39 is 0 Å². The van der Waals surface area contributed by atoms with Crippen LogP contribution >= 0.6 is 11.6 Å². The van der Waals surface area contributed by atoms with Gasteiger partial charge in [-0.05, 0) is 19.1 Å². The van der Waals surface area contributed by atoms with Crippen molar-refractivity contribution in [2.45, 2.75) is 12.4 Å². The first-order valence-electron chi connectivity index (χ1n) is 2.55. The highest BCUT2D eigenvalue weighted by Gasteiger charge is 1.99. The Labute approximate surface area is 54.0 Å². The van der Waals surface area contributed by atoms with E-state index in [-0.39, 0.29) is 5.50 Å². The van der Waals surface area contributed by atoms with Gasteiger partial charge in [0.05, 0.1) is 0 Å². The number of dihydropyridines is 1. The zero-order chi connectivity index (χ0) is 5.98. The third-order valence-electron chi connectivity index (χ3n) is 0.992.